The van der Waals surface area contributed by atoms with Crippen molar-refractivity contribution in [3.63, 3.8) is 0 Å². The standard InChI is InChI=1S/C10H7ClN2O3S/c1-5(17)12-10-9(11)7-4-6(13(14)15)2-3-8(7)16-10/h2-4H,1H3,(H,12,17). The highest BCUT2D eigenvalue weighted by molar-refractivity contribution is 7.80. The molecule has 0 bridgehead atoms. The number of fused-ring (bicyclic) bond motifs is 1. The normalized spacial score (nSPS) is 10.5. The van der Waals surface area contributed by atoms with Crippen LogP contribution >= 0.6 is 23.8 Å². The lowest BCUT2D eigenvalue weighted by molar-refractivity contribution is -0.384. The van der Waals surface area contributed by atoms with E-state index < -0.39 is 4.92 Å². The van der Waals surface area contributed by atoms with Gasteiger partial charge in [-0.25, -0.2) is 0 Å². The van der Waals surface area contributed by atoms with Crippen molar-refractivity contribution in [2.45, 2.75) is 6.92 Å². The van der Waals surface area contributed by atoms with Gasteiger partial charge in [-0.1, -0.05) is 23.8 Å². The van der Waals surface area contributed by atoms with Crippen molar-refractivity contribution in [3.8, 4) is 0 Å². The zero-order valence-corrected chi connectivity index (χ0v) is 10.3. The van der Waals surface area contributed by atoms with E-state index in [9.17, 15) is 10.1 Å². The van der Waals surface area contributed by atoms with Gasteiger partial charge in [-0.05, 0) is 13.0 Å². The molecule has 1 aromatic carbocycles. The van der Waals surface area contributed by atoms with Gasteiger partial charge in [0.25, 0.3) is 5.69 Å². The first-order valence-electron chi connectivity index (χ1n) is 4.63. The minimum absolute atomic E-state index is 0.0363. The molecule has 17 heavy (non-hydrogen) atoms. The van der Waals surface area contributed by atoms with Crippen LogP contribution in [0.15, 0.2) is 22.6 Å². The maximum atomic E-state index is 10.6. The number of nitro benzene ring substituents is 1. The van der Waals surface area contributed by atoms with Gasteiger partial charge in [0.2, 0.25) is 5.88 Å². The molecule has 0 radical (unpaired) electrons. The molecular weight excluding hydrogens is 264 g/mol. The van der Waals surface area contributed by atoms with E-state index in [4.69, 9.17) is 28.2 Å². The summed E-state index contributed by atoms with van der Waals surface area (Å²) in [6, 6.07) is 4.23. The monoisotopic (exact) mass is 270 g/mol. The molecule has 0 aliphatic rings. The van der Waals surface area contributed by atoms with Crippen molar-refractivity contribution in [1.82, 2.24) is 0 Å². The molecule has 0 aliphatic heterocycles. The maximum Gasteiger partial charge on any atom is 0.270 e. The van der Waals surface area contributed by atoms with Gasteiger partial charge >= 0.3 is 0 Å². The van der Waals surface area contributed by atoms with Crippen LogP contribution in [0.1, 0.15) is 6.92 Å². The van der Waals surface area contributed by atoms with Gasteiger partial charge in [-0.2, -0.15) is 0 Å². The van der Waals surface area contributed by atoms with Crippen molar-refractivity contribution in [2.24, 2.45) is 0 Å². The Kier molecular flexibility index (Phi) is 2.99. The third-order valence-electron chi connectivity index (χ3n) is 2.11. The van der Waals surface area contributed by atoms with Crippen molar-refractivity contribution in [1.29, 1.82) is 0 Å². The molecule has 0 aliphatic carbocycles. The maximum absolute atomic E-state index is 10.6. The molecule has 0 saturated heterocycles. The van der Waals surface area contributed by atoms with E-state index in [1.165, 1.54) is 18.2 Å². The summed E-state index contributed by atoms with van der Waals surface area (Å²) in [6.07, 6.45) is 0. The van der Waals surface area contributed by atoms with Gasteiger partial charge in [0.15, 0.2) is 0 Å². The van der Waals surface area contributed by atoms with E-state index in [0.717, 1.165) is 0 Å². The summed E-state index contributed by atoms with van der Waals surface area (Å²) in [5, 5.41) is 14.2. The molecule has 1 heterocycles. The van der Waals surface area contributed by atoms with Crippen molar-refractivity contribution >= 4 is 51.3 Å². The van der Waals surface area contributed by atoms with Crippen LogP contribution in [0.2, 0.25) is 5.02 Å². The molecular formula is C10H7ClN2O3S. The highest BCUT2D eigenvalue weighted by Crippen LogP contribution is 2.36. The van der Waals surface area contributed by atoms with Gasteiger partial charge in [-0.15, -0.1) is 0 Å². The predicted molar refractivity (Wildman–Crippen MR) is 69.8 cm³/mol. The Labute approximate surface area is 107 Å². The van der Waals surface area contributed by atoms with Gasteiger partial charge < -0.3 is 9.73 Å². The van der Waals surface area contributed by atoms with E-state index in [-0.39, 0.29) is 10.7 Å². The molecule has 2 rings (SSSR count). The quantitative estimate of drug-likeness (QED) is 0.511. The predicted octanol–water partition coefficient (Wildman–Crippen LogP) is 3.75. The number of nitrogens with zero attached hydrogens (tertiary/aromatic N) is 1. The summed E-state index contributed by atoms with van der Waals surface area (Å²) in [6.45, 7) is 1.68. The molecule has 0 unspecified atom stereocenters. The first-order chi connectivity index (χ1) is 7.99. The topological polar surface area (TPSA) is 68.3 Å². The number of anilines is 1. The molecule has 88 valence electrons. The van der Waals surface area contributed by atoms with E-state index in [1.54, 1.807) is 6.92 Å². The van der Waals surface area contributed by atoms with Gasteiger partial charge in [0, 0.05) is 17.5 Å². The Hall–Kier alpha value is -1.66. The summed E-state index contributed by atoms with van der Waals surface area (Å²) in [7, 11) is 0. The summed E-state index contributed by atoms with van der Waals surface area (Å²) < 4.78 is 5.39. The number of hydrogen-bond acceptors (Lipinski definition) is 4. The summed E-state index contributed by atoms with van der Waals surface area (Å²) in [4.78, 5) is 10.7. The highest BCUT2D eigenvalue weighted by atomic mass is 35.5. The number of hydrogen-bond donors (Lipinski definition) is 1. The summed E-state index contributed by atoms with van der Waals surface area (Å²) >= 11 is 10.9. The Balaban J connectivity index is 2.58. The number of nitro groups is 1. The minimum atomic E-state index is -0.486. The van der Waals surface area contributed by atoms with Gasteiger partial charge in [0.1, 0.15) is 10.6 Å². The van der Waals surface area contributed by atoms with Crippen molar-refractivity contribution in [2.75, 3.05) is 5.32 Å². The smallest absolute Gasteiger partial charge is 0.270 e. The molecule has 5 nitrogen and oxygen atoms in total. The van der Waals surface area contributed by atoms with Gasteiger partial charge in [-0.3, -0.25) is 10.1 Å². The second kappa shape index (κ2) is 4.31. The molecule has 0 amide bonds. The second-order valence-electron chi connectivity index (χ2n) is 3.36. The fraction of sp³-hybridized carbons (Fsp3) is 0.100. The molecule has 7 heteroatoms. The number of thiocarbonyl (C=S) groups is 1. The SMILES string of the molecule is CC(=S)Nc1oc2ccc([N+](=O)[O-])cc2c1Cl. The average molecular weight is 271 g/mol. The third kappa shape index (κ3) is 2.22. The number of halogens is 1. The van der Waals surface area contributed by atoms with Crippen molar-refractivity contribution in [3.05, 3.63) is 33.3 Å². The number of benzene rings is 1. The lowest BCUT2D eigenvalue weighted by Crippen LogP contribution is -2.02. The molecule has 1 N–H and O–H groups in total. The minimum Gasteiger partial charge on any atom is -0.439 e. The fourth-order valence-electron chi connectivity index (χ4n) is 1.41. The number of nitrogens with one attached hydrogen (secondary N) is 1. The molecule has 0 atom stereocenters. The molecule has 0 fully saturated rings. The van der Waals surface area contributed by atoms with E-state index >= 15 is 0 Å². The molecule has 0 spiro atoms. The lowest BCUT2D eigenvalue weighted by atomic mass is 10.2. The Morgan fingerprint density at radius 3 is 2.88 bits per heavy atom. The van der Waals surface area contributed by atoms with E-state index in [0.29, 0.717) is 21.8 Å². The van der Waals surface area contributed by atoms with Crippen LogP contribution in [-0.2, 0) is 0 Å². The van der Waals surface area contributed by atoms with Crippen LogP contribution < -0.4 is 5.32 Å². The Morgan fingerprint density at radius 2 is 2.29 bits per heavy atom. The summed E-state index contributed by atoms with van der Waals surface area (Å²) in [5.74, 6) is 0.301. The summed E-state index contributed by atoms with van der Waals surface area (Å²) in [5.41, 5.74) is 0.435. The third-order valence-corrected chi connectivity index (χ3v) is 2.59. The van der Waals surface area contributed by atoms with Crippen LogP contribution in [0.3, 0.4) is 0 Å². The van der Waals surface area contributed by atoms with Crippen molar-refractivity contribution < 1.29 is 9.34 Å². The molecule has 2 aromatic rings. The van der Waals surface area contributed by atoms with Crippen LogP contribution in [0.25, 0.3) is 11.0 Å². The van der Waals surface area contributed by atoms with Crippen LogP contribution in [-0.4, -0.2) is 9.91 Å². The largest absolute Gasteiger partial charge is 0.439 e. The van der Waals surface area contributed by atoms with Gasteiger partial charge in [0.05, 0.1) is 9.91 Å². The molecule has 1 aromatic heterocycles. The second-order valence-corrected chi connectivity index (χ2v) is 4.35. The fourth-order valence-corrected chi connectivity index (χ4v) is 1.74. The Bertz CT molecular complexity index is 623. The number of rotatable bonds is 2. The zero-order valence-electron chi connectivity index (χ0n) is 8.69. The van der Waals surface area contributed by atoms with E-state index in [2.05, 4.69) is 5.32 Å². The highest BCUT2D eigenvalue weighted by Gasteiger charge is 2.16. The average Bonchev–Trinajstić information content (AvgIpc) is 2.55. The van der Waals surface area contributed by atoms with Crippen LogP contribution in [0, 0.1) is 10.1 Å². The van der Waals surface area contributed by atoms with E-state index in [1.807, 2.05) is 0 Å². The lowest BCUT2D eigenvalue weighted by Gasteiger charge is -1.97. The number of non-ortho nitro benzene ring substituents is 1. The Morgan fingerprint density at radius 1 is 1.59 bits per heavy atom. The number of furan rings is 1. The first-order valence-corrected chi connectivity index (χ1v) is 5.41. The zero-order chi connectivity index (χ0) is 12.6. The first kappa shape index (κ1) is 11.8. The van der Waals surface area contributed by atoms with Crippen LogP contribution in [0.4, 0.5) is 11.6 Å². The van der Waals surface area contributed by atoms with Crippen LogP contribution in [0.5, 0.6) is 0 Å². The molecule has 0 saturated carbocycles.